The second-order valence-electron chi connectivity index (χ2n) is 4.04. The molecule has 1 aromatic heterocycles. The predicted molar refractivity (Wildman–Crippen MR) is 67.8 cm³/mol. The number of piperidine rings is 1. The first kappa shape index (κ1) is 11.0. The minimum Gasteiger partial charge on any atom is -0.347 e. The molecule has 2 rings (SSSR count). The van der Waals surface area contributed by atoms with E-state index in [1.807, 2.05) is 13.9 Å². The quantitative estimate of drug-likeness (QED) is 0.668. The van der Waals surface area contributed by atoms with Crippen molar-refractivity contribution in [3.8, 4) is 12.1 Å². The SMILES string of the molecule is Bc1cc(N2CCCCC2C#N)sc1C#N. The van der Waals surface area contributed by atoms with Crippen LogP contribution in [0.3, 0.4) is 0 Å². The fourth-order valence-corrected chi connectivity index (χ4v) is 3.09. The lowest BCUT2D eigenvalue weighted by Gasteiger charge is -2.31. The number of nitrogens with zero attached hydrogens (tertiary/aromatic N) is 3. The molecule has 1 fully saturated rings. The van der Waals surface area contributed by atoms with E-state index in [1.165, 1.54) is 11.3 Å². The van der Waals surface area contributed by atoms with Crippen LogP contribution in [0.15, 0.2) is 6.07 Å². The second-order valence-corrected chi connectivity index (χ2v) is 5.07. The van der Waals surface area contributed by atoms with Crippen LogP contribution < -0.4 is 10.4 Å². The van der Waals surface area contributed by atoms with Gasteiger partial charge in [0.05, 0.1) is 11.1 Å². The van der Waals surface area contributed by atoms with E-state index in [9.17, 15) is 0 Å². The number of nitriles is 2. The van der Waals surface area contributed by atoms with Gasteiger partial charge in [-0.2, -0.15) is 10.5 Å². The summed E-state index contributed by atoms with van der Waals surface area (Å²) in [5, 5.41) is 19.1. The van der Waals surface area contributed by atoms with Crippen molar-refractivity contribution in [1.29, 1.82) is 10.5 Å². The minimum absolute atomic E-state index is 0.0154. The zero-order valence-corrected chi connectivity index (χ0v) is 10.0. The molecule has 3 nitrogen and oxygen atoms in total. The van der Waals surface area contributed by atoms with Crippen LogP contribution in [0.4, 0.5) is 5.00 Å². The van der Waals surface area contributed by atoms with E-state index in [0.717, 1.165) is 41.1 Å². The summed E-state index contributed by atoms with van der Waals surface area (Å²) in [5.41, 5.74) is 1.02. The van der Waals surface area contributed by atoms with Crippen molar-refractivity contribution in [3.63, 3.8) is 0 Å². The standard InChI is InChI=1S/C11H12BN3S/c12-9-5-11(16-10(9)7-14)15-4-2-1-3-8(15)6-13/h5,8H,1-4,12H2. The molecule has 5 heteroatoms. The van der Waals surface area contributed by atoms with Crippen molar-refractivity contribution in [2.45, 2.75) is 25.3 Å². The molecular formula is C11H12BN3S. The van der Waals surface area contributed by atoms with Gasteiger partial charge >= 0.3 is 0 Å². The lowest BCUT2D eigenvalue weighted by molar-refractivity contribution is 0.523. The molecule has 0 bridgehead atoms. The first-order valence-electron chi connectivity index (χ1n) is 5.43. The number of anilines is 1. The monoisotopic (exact) mass is 229 g/mol. The van der Waals surface area contributed by atoms with Gasteiger partial charge < -0.3 is 4.90 Å². The van der Waals surface area contributed by atoms with Crippen LogP contribution in [0.1, 0.15) is 24.1 Å². The van der Waals surface area contributed by atoms with Crippen molar-refractivity contribution < 1.29 is 0 Å². The predicted octanol–water partition coefficient (Wildman–Crippen LogP) is 0.761. The van der Waals surface area contributed by atoms with Crippen LogP contribution in [-0.2, 0) is 0 Å². The normalized spacial score (nSPS) is 20.1. The average molecular weight is 229 g/mol. The molecule has 1 aromatic rings. The zero-order valence-electron chi connectivity index (χ0n) is 9.23. The van der Waals surface area contributed by atoms with Crippen molar-refractivity contribution >= 4 is 29.6 Å². The fraction of sp³-hybridized carbons (Fsp3) is 0.455. The number of hydrogen-bond acceptors (Lipinski definition) is 4. The largest absolute Gasteiger partial charge is 0.347 e. The third kappa shape index (κ3) is 1.92. The first-order chi connectivity index (χ1) is 7.76. The molecule has 1 aliphatic rings. The van der Waals surface area contributed by atoms with Crippen molar-refractivity contribution in [2.75, 3.05) is 11.4 Å². The van der Waals surface area contributed by atoms with E-state index in [0.29, 0.717) is 0 Å². The van der Waals surface area contributed by atoms with E-state index < -0.39 is 0 Å². The summed E-state index contributed by atoms with van der Waals surface area (Å²) in [6.45, 7) is 0.934. The van der Waals surface area contributed by atoms with Crippen molar-refractivity contribution in [2.24, 2.45) is 0 Å². The van der Waals surface area contributed by atoms with Gasteiger partial charge in [-0.15, -0.1) is 11.3 Å². The molecule has 0 spiro atoms. The van der Waals surface area contributed by atoms with Crippen LogP contribution in [0.2, 0.25) is 0 Å². The van der Waals surface area contributed by atoms with Gasteiger partial charge in [-0.3, -0.25) is 0 Å². The first-order valence-corrected chi connectivity index (χ1v) is 6.24. The average Bonchev–Trinajstić information content (AvgIpc) is 2.70. The lowest BCUT2D eigenvalue weighted by Crippen LogP contribution is -2.38. The van der Waals surface area contributed by atoms with Crippen LogP contribution in [0, 0.1) is 22.7 Å². The number of rotatable bonds is 1. The van der Waals surface area contributed by atoms with Crippen molar-refractivity contribution in [1.82, 2.24) is 0 Å². The molecule has 0 saturated carbocycles. The Bertz CT molecular complexity index is 469. The fourth-order valence-electron chi connectivity index (χ4n) is 2.05. The molecule has 2 heterocycles. The third-order valence-corrected chi connectivity index (χ3v) is 4.12. The Morgan fingerprint density at radius 3 is 2.88 bits per heavy atom. The summed E-state index contributed by atoms with van der Waals surface area (Å²) in [6, 6.07) is 6.56. The molecule has 16 heavy (non-hydrogen) atoms. The lowest BCUT2D eigenvalue weighted by atomic mass is 9.97. The Morgan fingerprint density at radius 1 is 1.44 bits per heavy atom. The van der Waals surface area contributed by atoms with Gasteiger partial charge in [0, 0.05) is 6.54 Å². The Labute approximate surface area is 100 Å². The minimum atomic E-state index is -0.0154. The molecule has 1 atom stereocenters. The molecule has 0 aromatic carbocycles. The summed E-state index contributed by atoms with van der Waals surface area (Å²) in [5.74, 6) is 0. The van der Waals surface area contributed by atoms with Crippen LogP contribution in [0.5, 0.6) is 0 Å². The maximum atomic E-state index is 9.10. The molecule has 0 radical (unpaired) electrons. The second kappa shape index (κ2) is 4.59. The molecule has 1 saturated heterocycles. The van der Waals surface area contributed by atoms with Gasteiger partial charge in [0.1, 0.15) is 24.8 Å². The Hall–Kier alpha value is -1.46. The highest BCUT2D eigenvalue weighted by Crippen LogP contribution is 2.29. The smallest absolute Gasteiger partial charge is 0.142 e. The third-order valence-electron chi connectivity index (χ3n) is 2.94. The van der Waals surface area contributed by atoms with Crippen LogP contribution in [-0.4, -0.2) is 20.4 Å². The molecule has 0 N–H and O–H groups in total. The number of hydrogen-bond donors (Lipinski definition) is 0. The highest BCUT2D eigenvalue weighted by atomic mass is 32.1. The zero-order chi connectivity index (χ0) is 11.5. The Balaban J connectivity index is 2.29. The summed E-state index contributed by atoms with van der Waals surface area (Å²) in [4.78, 5) is 2.90. The number of thiophene rings is 1. The molecule has 1 unspecified atom stereocenters. The van der Waals surface area contributed by atoms with E-state index in [2.05, 4.69) is 17.0 Å². The van der Waals surface area contributed by atoms with Gasteiger partial charge in [0.2, 0.25) is 0 Å². The summed E-state index contributed by atoms with van der Waals surface area (Å²) < 4.78 is 0. The highest BCUT2D eigenvalue weighted by molar-refractivity contribution is 7.17. The maximum absolute atomic E-state index is 9.10. The van der Waals surface area contributed by atoms with Gasteiger partial charge in [-0.25, -0.2) is 0 Å². The van der Waals surface area contributed by atoms with E-state index >= 15 is 0 Å². The summed E-state index contributed by atoms with van der Waals surface area (Å²) >= 11 is 1.50. The summed E-state index contributed by atoms with van der Waals surface area (Å²) in [7, 11) is 1.95. The van der Waals surface area contributed by atoms with Gasteiger partial charge in [0.15, 0.2) is 0 Å². The Kier molecular flexibility index (Phi) is 3.17. The summed E-state index contributed by atoms with van der Waals surface area (Å²) in [6.07, 6.45) is 3.20. The van der Waals surface area contributed by atoms with E-state index in [4.69, 9.17) is 10.5 Å². The molecular weight excluding hydrogens is 217 g/mol. The highest BCUT2D eigenvalue weighted by Gasteiger charge is 2.23. The van der Waals surface area contributed by atoms with Crippen LogP contribution >= 0.6 is 11.3 Å². The van der Waals surface area contributed by atoms with Crippen molar-refractivity contribution in [3.05, 3.63) is 10.9 Å². The molecule has 0 aliphatic carbocycles. The van der Waals surface area contributed by atoms with E-state index in [-0.39, 0.29) is 6.04 Å². The van der Waals surface area contributed by atoms with Gasteiger partial charge in [0.25, 0.3) is 0 Å². The van der Waals surface area contributed by atoms with Gasteiger partial charge in [-0.05, 0) is 25.3 Å². The molecule has 80 valence electrons. The van der Waals surface area contributed by atoms with Crippen LogP contribution in [0.25, 0.3) is 0 Å². The topological polar surface area (TPSA) is 50.8 Å². The Morgan fingerprint density at radius 2 is 2.25 bits per heavy atom. The van der Waals surface area contributed by atoms with Gasteiger partial charge in [-0.1, -0.05) is 5.46 Å². The molecule has 1 aliphatic heterocycles. The molecule has 0 amide bonds. The maximum Gasteiger partial charge on any atom is 0.142 e. The van der Waals surface area contributed by atoms with E-state index in [1.54, 1.807) is 0 Å².